The van der Waals surface area contributed by atoms with Crippen LogP contribution in [0, 0.1) is 6.92 Å². The Labute approximate surface area is 211 Å². The Kier molecular flexibility index (Phi) is 8.19. The van der Waals surface area contributed by atoms with Crippen LogP contribution in [0.2, 0.25) is 0 Å². The van der Waals surface area contributed by atoms with E-state index in [0.29, 0.717) is 35.1 Å². The number of rotatable bonds is 9. The summed E-state index contributed by atoms with van der Waals surface area (Å²) in [6, 6.07) is 12.7. The van der Waals surface area contributed by atoms with Crippen LogP contribution in [0.25, 0.3) is 5.69 Å². The Morgan fingerprint density at radius 1 is 1.22 bits per heavy atom. The number of para-hydroxylation sites is 1. The number of nitrogens with one attached hydrogen (secondary N) is 3. The lowest BCUT2D eigenvalue weighted by molar-refractivity contribution is -0.274. The topological polar surface area (TPSA) is 98.7 Å². The van der Waals surface area contributed by atoms with E-state index in [0.717, 1.165) is 13.0 Å². The molecule has 0 spiro atoms. The molecular formula is C25H28F3N5O4. The summed E-state index contributed by atoms with van der Waals surface area (Å²) in [7, 11) is 1.48. The molecular weight excluding hydrogens is 491 g/mol. The first-order valence-corrected chi connectivity index (χ1v) is 11.7. The van der Waals surface area contributed by atoms with Crippen LogP contribution in [-0.4, -0.2) is 48.5 Å². The number of halogens is 3. The lowest BCUT2D eigenvalue weighted by Crippen LogP contribution is -2.30. The van der Waals surface area contributed by atoms with Crippen molar-refractivity contribution >= 4 is 11.8 Å². The fourth-order valence-electron chi connectivity index (χ4n) is 3.96. The highest BCUT2D eigenvalue weighted by Gasteiger charge is 2.32. The van der Waals surface area contributed by atoms with E-state index in [1.807, 2.05) is 30.3 Å². The number of carbonyl (C=O) groups is 1. The number of amides is 2. The van der Waals surface area contributed by atoms with E-state index in [1.165, 1.54) is 25.3 Å². The van der Waals surface area contributed by atoms with Crippen LogP contribution >= 0.6 is 0 Å². The highest BCUT2D eigenvalue weighted by Crippen LogP contribution is 2.30. The summed E-state index contributed by atoms with van der Waals surface area (Å²) >= 11 is 0. The highest BCUT2D eigenvalue weighted by molar-refractivity contribution is 5.89. The Hall–Kier alpha value is -3.77. The first kappa shape index (κ1) is 26.3. The van der Waals surface area contributed by atoms with Crippen LogP contribution in [0.15, 0.2) is 48.5 Å². The molecule has 2 amide bonds. The van der Waals surface area contributed by atoms with Crippen LogP contribution in [0.1, 0.15) is 23.1 Å². The first-order valence-electron chi connectivity index (χ1n) is 11.7. The van der Waals surface area contributed by atoms with Gasteiger partial charge >= 0.3 is 12.4 Å². The number of nitrogens with zero attached hydrogens (tertiary/aromatic N) is 2. The van der Waals surface area contributed by atoms with Crippen molar-refractivity contribution in [3.63, 3.8) is 0 Å². The molecule has 3 aromatic rings. The van der Waals surface area contributed by atoms with Gasteiger partial charge in [-0.25, -0.2) is 9.48 Å². The summed E-state index contributed by atoms with van der Waals surface area (Å²) in [6.07, 6.45) is -4.07. The third kappa shape index (κ3) is 6.92. The third-order valence-corrected chi connectivity index (χ3v) is 5.71. The van der Waals surface area contributed by atoms with Crippen molar-refractivity contribution in [2.75, 3.05) is 25.5 Å². The lowest BCUT2D eigenvalue weighted by atomic mass is 10.1. The van der Waals surface area contributed by atoms with Gasteiger partial charge < -0.3 is 24.8 Å². The summed E-state index contributed by atoms with van der Waals surface area (Å²) in [6.45, 7) is 3.31. The average Bonchev–Trinajstić information content (AvgIpc) is 3.48. The average molecular weight is 520 g/mol. The Morgan fingerprint density at radius 2 is 2.00 bits per heavy atom. The van der Waals surface area contributed by atoms with Crippen molar-refractivity contribution in [2.45, 2.75) is 39.0 Å². The van der Waals surface area contributed by atoms with Gasteiger partial charge in [-0.1, -0.05) is 24.3 Å². The number of hydrogen-bond acceptors (Lipinski definition) is 6. The van der Waals surface area contributed by atoms with E-state index < -0.39 is 18.1 Å². The van der Waals surface area contributed by atoms with Gasteiger partial charge in [0.05, 0.1) is 17.9 Å². The van der Waals surface area contributed by atoms with Crippen molar-refractivity contribution in [2.24, 2.45) is 0 Å². The Balaban J connectivity index is 1.53. The van der Waals surface area contributed by atoms with E-state index >= 15 is 0 Å². The van der Waals surface area contributed by atoms with Gasteiger partial charge in [-0.2, -0.15) is 0 Å². The highest BCUT2D eigenvalue weighted by atomic mass is 19.4. The number of hydrogen-bond donors (Lipinski definition) is 3. The first-order chi connectivity index (χ1) is 17.7. The Bertz CT molecular complexity index is 1210. The maximum Gasteiger partial charge on any atom is 0.573 e. The minimum atomic E-state index is -4.87. The minimum Gasteiger partial charge on any atom is -0.472 e. The molecule has 2 aromatic carbocycles. The smallest absolute Gasteiger partial charge is 0.472 e. The number of ether oxygens (including phenoxy) is 3. The zero-order valence-electron chi connectivity index (χ0n) is 20.4. The number of benzene rings is 2. The standard InChI is InChI=1S/C25H28F3N5O4/c1-16-22(33(19-6-4-3-5-7-19)32-23(16)36-20-10-11-29-14-20)31-24(34)30-13-18-12-17(15-35-2)8-9-21(18)37-25(26,27)28/h3-9,12,20,29H,10-11,13-15H2,1-2H3,(H2,30,31,34)/t20-/m1/s1. The van der Waals surface area contributed by atoms with Gasteiger partial charge in [0.1, 0.15) is 17.7 Å². The fraction of sp³-hybridized carbons (Fsp3) is 0.360. The second kappa shape index (κ2) is 11.5. The zero-order chi connectivity index (χ0) is 26.4. The molecule has 198 valence electrons. The predicted molar refractivity (Wildman–Crippen MR) is 130 cm³/mol. The Morgan fingerprint density at radius 3 is 2.68 bits per heavy atom. The molecule has 0 saturated carbocycles. The van der Waals surface area contributed by atoms with Crippen molar-refractivity contribution in [1.29, 1.82) is 0 Å². The molecule has 1 fully saturated rings. The van der Waals surface area contributed by atoms with E-state index in [2.05, 4.69) is 25.8 Å². The second-order valence-electron chi connectivity index (χ2n) is 8.49. The minimum absolute atomic E-state index is 0.0362. The molecule has 0 radical (unpaired) electrons. The molecule has 1 aromatic heterocycles. The van der Waals surface area contributed by atoms with Crippen LogP contribution < -0.4 is 25.4 Å². The van der Waals surface area contributed by atoms with E-state index in [1.54, 1.807) is 11.6 Å². The number of aromatic nitrogens is 2. The normalized spacial score (nSPS) is 15.4. The van der Waals surface area contributed by atoms with E-state index in [-0.39, 0.29) is 24.8 Å². The molecule has 0 aliphatic carbocycles. The number of anilines is 1. The van der Waals surface area contributed by atoms with E-state index in [9.17, 15) is 18.0 Å². The summed E-state index contributed by atoms with van der Waals surface area (Å²) in [5.41, 5.74) is 2.10. The summed E-state index contributed by atoms with van der Waals surface area (Å²) < 4.78 is 55.5. The molecule has 0 bridgehead atoms. The molecule has 1 aliphatic rings. The number of carbonyl (C=O) groups excluding carboxylic acids is 1. The summed E-state index contributed by atoms with van der Waals surface area (Å²) in [4.78, 5) is 12.9. The predicted octanol–water partition coefficient (Wildman–Crippen LogP) is 4.29. The lowest BCUT2D eigenvalue weighted by Gasteiger charge is -2.16. The number of methoxy groups -OCH3 is 1. The molecule has 1 aliphatic heterocycles. The van der Waals surface area contributed by atoms with Crippen molar-refractivity contribution in [3.8, 4) is 17.3 Å². The van der Waals surface area contributed by atoms with Gasteiger partial charge in [-0.05, 0) is 49.7 Å². The molecule has 37 heavy (non-hydrogen) atoms. The molecule has 12 heteroatoms. The van der Waals surface area contributed by atoms with Crippen LogP contribution in [0.5, 0.6) is 11.6 Å². The molecule has 3 N–H and O–H groups in total. The zero-order valence-corrected chi connectivity index (χ0v) is 20.4. The fourth-order valence-corrected chi connectivity index (χ4v) is 3.96. The summed E-state index contributed by atoms with van der Waals surface area (Å²) in [5, 5.41) is 13.2. The molecule has 9 nitrogen and oxygen atoms in total. The molecule has 0 unspecified atom stereocenters. The van der Waals surface area contributed by atoms with Gasteiger partial charge in [0.15, 0.2) is 0 Å². The van der Waals surface area contributed by atoms with Gasteiger partial charge in [0.2, 0.25) is 5.88 Å². The van der Waals surface area contributed by atoms with Crippen LogP contribution in [0.4, 0.5) is 23.8 Å². The molecule has 4 rings (SSSR count). The van der Waals surface area contributed by atoms with Crippen LogP contribution in [-0.2, 0) is 17.9 Å². The van der Waals surface area contributed by atoms with Gasteiger partial charge in [-0.15, -0.1) is 18.3 Å². The van der Waals surface area contributed by atoms with Crippen molar-refractivity contribution in [3.05, 3.63) is 65.2 Å². The molecule has 1 atom stereocenters. The number of alkyl halides is 3. The monoisotopic (exact) mass is 519 g/mol. The maximum absolute atomic E-state index is 12.9. The van der Waals surface area contributed by atoms with Gasteiger partial charge in [0.25, 0.3) is 0 Å². The number of urea groups is 1. The molecule has 1 saturated heterocycles. The van der Waals surface area contributed by atoms with Gasteiger partial charge in [-0.3, -0.25) is 5.32 Å². The van der Waals surface area contributed by atoms with Gasteiger partial charge in [0, 0.05) is 25.8 Å². The second-order valence-corrected chi connectivity index (χ2v) is 8.49. The molecule has 2 heterocycles. The third-order valence-electron chi connectivity index (χ3n) is 5.71. The quantitative estimate of drug-likeness (QED) is 0.390. The summed E-state index contributed by atoms with van der Waals surface area (Å²) in [5.74, 6) is 0.365. The van der Waals surface area contributed by atoms with Crippen LogP contribution in [0.3, 0.4) is 0 Å². The SMILES string of the molecule is COCc1ccc(OC(F)(F)F)c(CNC(=O)Nc2c(C)c(O[C@@H]3CCNC3)nn2-c2ccccc2)c1. The van der Waals surface area contributed by atoms with E-state index in [4.69, 9.17) is 9.47 Å². The van der Waals surface area contributed by atoms with Crippen molar-refractivity contribution < 1.29 is 32.2 Å². The maximum atomic E-state index is 12.9. The van der Waals surface area contributed by atoms with Crippen molar-refractivity contribution in [1.82, 2.24) is 20.4 Å². The largest absolute Gasteiger partial charge is 0.573 e.